The molecule has 1 aromatic carbocycles. The number of anilines is 1. The fraction of sp³-hybridized carbons (Fsp3) is 0.250. The number of non-ortho nitro benzene ring substituents is 1. The quantitative estimate of drug-likeness (QED) is 0.646. The second-order valence-electron chi connectivity index (χ2n) is 3.94. The van der Waals surface area contributed by atoms with Crippen molar-refractivity contribution in [2.24, 2.45) is 7.05 Å². The van der Waals surface area contributed by atoms with Crippen LogP contribution in [0.1, 0.15) is 5.82 Å². The molecule has 0 radical (unpaired) electrons. The minimum atomic E-state index is -0.399. The van der Waals surface area contributed by atoms with Gasteiger partial charge in [-0.05, 0) is 6.07 Å². The molecular weight excluding hydrogens is 232 g/mol. The van der Waals surface area contributed by atoms with Gasteiger partial charge < -0.3 is 9.88 Å². The highest BCUT2D eigenvalue weighted by Crippen LogP contribution is 2.16. The number of nitrogens with zero attached hydrogens (tertiary/aromatic N) is 3. The van der Waals surface area contributed by atoms with Gasteiger partial charge in [-0.1, -0.05) is 6.07 Å². The van der Waals surface area contributed by atoms with E-state index in [9.17, 15) is 10.1 Å². The van der Waals surface area contributed by atoms with E-state index < -0.39 is 4.92 Å². The Kier molecular flexibility index (Phi) is 3.57. The summed E-state index contributed by atoms with van der Waals surface area (Å²) >= 11 is 0. The molecule has 1 N–H and O–H groups in total. The Bertz CT molecular complexity index is 551. The fourth-order valence-corrected chi connectivity index (χ4v) is 1.69. The molecule has 94 valence electrons. The lowest BCUT2D eigenvalue weighted by Crippen LogP contribution is -2.08. The van der Waals surface area contributed by atoms with Gasteiger partial charge >= 0.3 is 0 Å². The topological polar surface area (TPSA) is 73.0 Å². The van der Waals surface area contributed by atoms with E-state index in [0.29, 0.717) is 6.54 Å². The first-order chi connectivity index (χ1) is 8.66. The van der Waals surface area contributed by atoms with E-state index in [-0.39, 0.29) is 5.69 Å². The van der Waals surface area contributed by atoms with Crippen molar-refractivity contribution in [3.8, 4) is 0 Å². The zero-order valence-corrected chi connectivity index (χ0v) is 10.0. The van der Waals surface area contributed by atoms with Gasteiger partial charge in [-0.15, -0.1) is 0 Å². The van der Waals surface area contributed by atoms with Gasteiger partial charge in [0.15, 0.2) is 0 Å². The van der Waals surface area contributed by atoms with Crippen molar-refractivity contribution in [1.82, 2.24) is 9.55 Å². The molecule has 0 saturated carbocycles. The van der Waals surface area contributed by atoms with Gasteiger partial charge in [0.25, 0.3) is 5.69 Å². The van der Waals surface area contributed by atoms with Gasteiger partial charge in [0, 0.05) is 50.2 Å². The van der Waals surface area contributed by atoms with Crippen LogP contribution in [0.15, 0.2) is 36.7 Å². The molecule has 0 unspecified atom stereocenters. The zero-order valence-electron chi connectivity index (χ0n) is 10.0. The van der Waals surface area contributed by atoms with Crippen molar-refractivity contribution in [1.29, 1.82) is 0 Å². The van der Waals surface area contributed by atoms with E-state index >= 15 is 0 Å². The maximum Gasteiger partial charge on any atom is 0.271 e. The predicted octanol–water partition coefficient (Wildman–Crippen LogP) is 1.98. The second kappa shape index (κ2) is 5.31. The van der Waals surface area contributed by atoms with E-state index in [1.165, 1.54) is 12.1 Å². The number of nitro benzene ring substituents is 1. The summed E-state index contributed by atoms with van der Waals surface area (Å²) in [6, 6.07) is 6.48. The number of nitrogens with one attached hydrogen (secondary N) is 1. The van der Waals surface area contributed by atoms with Gasteiger partial charge in [0.2, 0.25) is 0 Å². The molecule has 0 saturated heterocycles. The third-order valence-electron chi connectivity index (χ3n) is 2.66. The fourth-order valence-electron chi connectivity index (χ4n) is 1.69. The summed E-state index contributed by atoms with van der Waals surface area (Å²) in [5, 5.41) is 13.8. The highest BCUT2D eigenvalue weighted by molar-refractivity contribution is 5.50. The van der Waals surface area contributed by atoms with Gasteiger partial charge in [0.1, 0.15) is 5.82 Å². The van der Waals surface area contributed by atoms with Crippen LogP contribution in [0, 0.1) is 10.1 Å². The first-order valence-electron chi connectivity index (χ1n) is 5.61. The number of hydrogen-bond acceptors (Lipinski definition) is 4. The number of imidazole rings is 1. The SMILES string of the molecule is Cn1ccnc1CCNc1cccc([N+](=O)[O-])c1. The molecule has 18 heavy (non-hydrogen) atoms. The number of hydrogen-bond donors (Lipinski definition) is 1. The maximum atomic E-state index is 10.6. The lowest BCUT2D eigenvalue weighted by molar-refractivity contribution is -0.384. The molecule has 0 aliphatic carbocycles. The van der Waals surface area contributed by atoms with Crippen LogP contribution in [0.5, 0.6) is 0 Å². The standard InChI is InChI=1S/C12H14N4O2/c1-15-8-7-14-12(15)5-6-13-10-3-2-4-11(9-10)16(17)18/h2-4,7-9,13H,5-6H2,1H3. The smallest absolute Gasteiger partial charge is 0.271 e. The first kappa shape index (κ1) is 12.1. The van der Waals surface area contributed by atoms with Crippen molar-refractivity contribution in [3.63, 3.8) is 0 Å². The Morgan fingerprint density at radius 1 is 1.50 bits per heavy atom. The van der Waals surface area contributed by atoms with Gasteiger partial charge in [-0.25, -0.2) is 4.98 Å². The Balaban J connectivity index is 1.92. The van der Waals surface area contributed by atoms with E-state index in [2.05, 4.69) is 10.3 Å². The van der Waals surface area contributed by atoms with Gasteiger partial charge in [-0.2, -0.15) is 0 Å². The van der Waals surface area contributed by atoms with Crippen LogP contribution < -0.4 is 5.32 Å². The molecule has 2 rings (SSSR count). The molecule has 0 spiro atoms. The molecule has 0 amide bonds. The second-order valence-corrected chi connectivity index (χ2v) is 3.94. The van der Waals surface area contributed by atoms with Gasteiger partial charge in [-0.3, -0.25) is 10.1 Å². The number of rotatable bonds is 5. The summed E-state index contributed by atoms with van der Waals surface area (Å²) in [6.07, 6.45) is 4.41. The summed E-state index contributed by atoms with van der Waals surface area (Å²) in [4.78, 5) is 14.4. The van der Waals surface area contributed by atoms with Crippen molar-refractivity contribution in [2.45, 2.75) is 6.42 Å². The molecule has 2 aromatic rings. The molecule has 6 heteroatoms. The molecule has 0 bridgehead atoms. The van der Waals surface area contributed by atoms with E-state index in [0.717, 1.165) is 17.9 Å². The van der Waals surface area contributed by atoms with Crippen LogP contribution >= 0.6 is 0 Å². The molecule has 0 aliphatic rings. The third kappa shape index (κ3) is 2.85. The number of aromatic nitrogens is 2. The highest BCUT2D eigenvalue weighted by Gasteiger charge is 2.05. The molecule has 0 aliphatic heterocycles. The number of nitro groups is 1. The van der Waals surface area contributed by atoms with E-state index in [1.807, 2.05) is 23.9 Å². The van der Waals surface area contributed by atoms with Crippen LogP contribution in [0.25, 0.3) is 0 Å². The molecule has 1 heterocycles. The Hall–Kier alpha value is -2.37. The Labute approximate surface area is 104 Å². The van der Waals surface area contributed by atoms with Crippen LogP contribution in [-0.4, -0.2) is 21.0 Å². The minimum absolute atomic E-state index is 0.0944. The van der Waals surface area contributed by atoms with Crippen LogP contribution in [0.4, 0.5) is 11.4 Å². The summed E-state index contributed by atoms with van der Waals surface area (Å²) in [5.74, 6) is 0.980. The lowest BCUT2D eigenvalue weighted by Gasteiger charge is -2.06. The predicted molar refractivity (Wildman–Crippen MR) is 68.5 cm³/mol. The molecule has 0 atom stereocenters. The van der Waals surface area contributed by atoms with Crippen LogP contribution in [-0.2, 0) is 13.5 Å². The minimum Gasteiger partial charge on any atom is -0.384 e. The number of aryl methyl sites for hydroxylation is 1. The monoisotopic (exact) mass is 246 g/mol. The van der Waals surface area contributed by atoms with Crippen molar-refractivity contribution >= 4 is 11.4 Å². The summed E-state index contributed by atoms with van der Waals surface area (Å²) in [5.41, 5.74) is 0.843. The summed E-state index contributed by atoms with van der Waals surface area (Å²) < 4.78 is 1.95. The Morgan fingerprint density at radius 3 is 3.00 bits per heavy atom. The van der Waals surface area contributed by atoms with Crippen LogP contribution in [0.2, 0.25) is 0 Å². The molecule has 1 aromatic heterocycles. The third-order valence-corrected chi connectivity index (χ3v) is 2.66. The van der Waals surface area contributed by atoms with E-state index in [4.69, 9.17) is 0 Å². The van der Waals surface area contributed by atoms with E-state index in [1.54, 1.807) is 12.3 Å². The number of benzene rings is 1. The average Bonchev–Trinajstić information content (AvgIpc) is 2.76. The molecule has 6 nitrogen and oxygen atoms in total. The molecular formula is C12H14N4O2. The average molecular weight is 246 g/mol. The molecule has 0 fully saturated rings. The zero-order chi connectivity index (χ0) is 13.0. The summed E-state index contributed by atoms with van der Waals surface area (Å²) in [6.45, 7) is 0.687. The Morgan fingerprint density at radius 2 is 2.33 bits per heavy atom. The van der Waals surface area contributed by atoms with Crippen molar-refractivity contribution in [2.75, 3.05) is 11.9 Å². The maximum absolute atomic E-state index is 10.6. The van der Waals surface area contributed by atoms with Crippen LogP contribution in [0.3, 0.4) is 0 Å². The van der Waals surface area contributed by atoms with Crippen molar-refractivity contribution < 1.29 is 4.92 Å². The first-order valence-corrected chi connectivity index (χ1v) is 5.61. The van der Waals surface area contributed by atoms with Crippen molar-refractivity contribution in [3.05, 3.63) is 52.6 Å². The lowest BCUT2D eigenvalue weighted by atomic mass is 10.2. The largest absolute Gasteiger partial charge is 0.384 e. The highest BCUT2D eigenvalue weighted by atomic mass is 16.6. The normalized spacial score (nSPS) is 10.3. The summed E-state index contributed by atoms with van der Waals surface area (Å²) in [7, 11) is 1.94. The van der Waals surface area contributed by atoms with Gasteiger partial charge in [0.05, 0.1) is 4.92 Å².